The zero-order chi connectivity index (χ0) is 19.5. The van der Waals surface area contributed by atoms with E-state index in [-0.39, 0.29) is 29.8 Å². The number of benzene rings is 2. The number of rotatable bonds is 9. The molecule has 7 heteroatoms. The number of nitrogens with one attached hydrogen (secondary N) is 2. The summed E-state index contributed by atoms with van der Waals surface area (Å²) in [4.78, 5) is 4.20. The first-order chi connectivity index (χ1) is 13.2. The van der Waals surface area contributed by atoms with E-state index in [1.54, 1.807) is 20.2 Å². The Bertz CT molecular complexity index is 756. The SMILES string of the molecule is CCOc1cc(CCCNC(=NC)NCc2cccc(F)c2)ccc1OC.I. The maximum Gasteiger partial charge on any atom is 0.191 e. The van der Waals surface area contributed by atoms with Crippen LogP contribution in [0.15, 0.2) is 47.5 Å². The molecule has 0 aliphatic rings. The van der Waals surface area contributed by atoms with E-state index in [9.17, 15) is 4.39 Å². The molecule has 2 N–H and O–H groups in total. The fourth-order valence-electron chi connectivity index (χ4n) is 2.70. The van der Waals surface area contributed by atoms with Crippen LogP contribution in [0.3, 0.4) is 0 Å². The molecular weight excluding hydrogens is 472 g/mol. The quantitative estimate of drug-likeness (QED) is 0.235. The van der Waals surface area contributed by atoms with E-state index in [2.05, 4.69) is 21.7 Å². The fraction of sp³-hybridized carbons (Fsp3) is 0.381. The van der Waals surface area contributed by atoms with Gasteiger partial charge in [0, 0.05) is 20.1 Å². The Labute approximate surface area is 183 Å². The molecule has 0 spiro atoms. The first-order valence-electron chi connectivity index (χ1n) is 9.15. The van der Waals surface area contributed by atoms with Gasteiger partial charge in [-0.2, -0.15) is 0 Å². The van der Waals surface area contributed by atoms with Crippen molar-refractivity contribution in [1.29, 1.82) is 0 Å². The highest BCUT2D eigenvalue weighted by Crippen LogP contribution is 2.28. The molecule has 0 unspecified atom stereocenters. The number of aryl methyl sites for hydroxylation is 1. The summed E-state index contributed by atoms with van der Waals surface area (Å²) < 4.78 is 24.1. The van der Waals surface area contributed by atoms with Crippen molar-refractivity contribution < 1.29 is 13.9 Å². The Balaban J connectivity index is 0.00000392. The lowest BCUT2D eigenvalue weighted by Crippen LogP contribution is -2.37. The van der Waals surface area contributed by atoms with Crippen LogP contribution in [0.4, 0.5) is 4.39 Å². The second-order valence-corrected chi connectivity index (χ2v) is 6.00. The second kappa shape index (κ2) is 13.2. The summed E-state index contributed by atoms with van der Waals surface area (Å²) in [6, 6.07) is 12.6. The Morgan fingerprint density at radius 1 is 1.07 bits per heavy atom. The molecule has 0 aliphatic carbocycles. The van der Waals surface area contributed by atoms with Gasteiger partial charge in [-0.15, -0.1) is 24.0 Å². The van der Waals surface area contributed by atoms with Crippen molar-refractivity contribution in [2.75, 3.05) is 27.3 Å². The monoisotopic (exact) mass is 501 g/mol. The normalized spacial score (nSPS) is 10.8. The van der Waals surface area contributed by atoms with Crippen LogP contribution in [0.1, 0.15) is 24.5 Å². The van der Waals surface area contributed by atoms with E-state index in [0.29, 0.717) is 19.1 Å². The first-order valence-corrected chi connectivity index (χ1v) is 9.15. The lowest BCUT2D eigenvalue weighted by molar-refractivity contribution is 0.310. The molecule has 0 saturated carbocycles. The van der Waals surface area contributed by atoms with Gasteiger partial charge in [-0.3, -0.25) is 4.99 Å². The summed E-state index contributed by atoms with van der Waals surface area (Å²) in [5.41, 5.74) is 2.07. The number of aliphatic imine (C=N–C) groups is 1. The molecule has 0 amide bonds. The molecule has 0 atom stereocenters. The van der Waals surface area contributed by atoms with E-state index in [0.717, 1.165) is 36.4 Å². The molecule has 0 aromatic heterocycles. The highest BCUT2D eigenvalue weighted by Gasteiger charge is 2.05. The maximum absolute atomic E-state index is 13.2. The van der Waals surface area contributed by atoms with Crippen LogP contribution in [-0.2, 0) is 13.0 Å². The highest BCUT2D eigenvalue weighted by molar-refractivity contribution is 14.0. The van der Waals surface area contributed by atoms with Gasteiger partial charge in [-0.1, -0.05) is 18.2 Å². The molecule has 2 rings (SSSR count). The number of methoxy groups -OCH3 is 1. The van der Waals surface area contributed by atoms with E-state index in [4.69, 9.17) is 9.47 Å². The third kappa shape index (κ3) is 7.92. The molecule has 2 aromatic rings. The lowest BCUT2D eigenvalue weighted by atomic mass is 10.1. The minimum atomic E-state index is -0.233. The summed E-state index contributed by atoms with van der Waals surface area (Å²) in [5.74, 6) is 1.99. The average Bonchev–Trinajstić information content (AvgIpc) is 2.68. The number of halogens is 2. The summed E-state index contributed by atoms with van der Waals surface area (Å²) in [7, 11) is 3.36. The van der Waals surface area contributed by atoms with E-state index >= 15 is 0 Å². The fourth-order valence-corrected chi connectivity index (χ4v) is 2.70. The zero-order valence-corrected chi connectivity index (χ0v) is 19.0. The zero-order valence-electron chi connectivity index (χ0n) is 16.6. The van der Waals surface area contributed by atoms with Gasteiger partial charge in [0.05, 0.1) is 13.7 Å². The van der Waals surface area contributed by atoms with Gasteiger partial charge in [0.2, 0.25) is 0 Å². The summed E-state index contributed by atoms with van der Waals surface area (Å²) in [5, 5.41) is 6.46. The van der Waals surface area contributed by atoms with Gasteiger partial charge < -0.3 is 20.1 Å². The van der Waals surface area contributed by atoms with Crippen molar-refractivity contribution in [3.8, 4) is 11.5 Å². The molecule has 2 aromatic carbocycles. The molecule has 154 valence electrons. The molecular formula is C21H29FIN3O2. The van der Waals surface area contributed by atoms with Gasteiger partial charge in [0.25, 0.3) is 0 Å². The molecule has 5 nitrogen and oxygen atoms in total. The van der Waals surface area contributed by atoms with Gasteiger partial charge in [-0.25, -0.2) is 4.39 Å². The average molecular weight is 501 g/mol. The molecule has 0 radical (unpaired) electrons. The van der Waals surface area contributed by atoms with E-state index < -0.39 is 0 Å². The molecule has 0 heterocycles. The van der Waals surface area contributed by atoms with Crippen LogP contribution in [0, 0.1) is 5.82 Å². The molecule has 0 aliphatic heterocycles. The van der Waals surface area contributed by atoms with E-state index in [1.807, 2.05) is 25.1 Å². The third-order valence-corrected chi connectivity index (χ3v) is 4.04. The van der Waals surface area contributed by atoms with Crippen LogP contribution in [0.25, 0.3) is 0 Å². The van der Waals surface area contributed by atoms with Crippen molar-refractivity contribution >= 4 is 29.9 Å². The van der Waals surface area contributed by atoms with Crippen molar-refractivity contribution in [1.82, 2.24) is 10.6 Å². The number of hydrogen-bond donors (Lipinski definition) is 2. The predicted molar refractivity (Wildman–Crippen MR) is 123 cm³/mol. The van der Waals surface area contributed by atoms with Crippen molar-refractivity contribution in [2.45, 2.75) is 26.3 Å². The van der Waals surface area contributed by atoms with Gasteiger partial charge in [-0.05, 0) is 55.2 Å². The maximum atomic E-state index is 13.2. The smallest absolute Gasteiger partial charge is 0.191 e. The minimum absolute atomic E-state index is 0. The Morgan fingerprint density at radius 2 is 1.89 bits per heavy atom. The third-order valence-electron chi connectivity index (χ3n) is 4.04. The number of guanidine groups is 1. The lowest BCUT2D eigenvalue weighted by Gasteiger charge is -2.13. The van der Waals surface area contributed by atoms with Crippen LogP contribution in [-0.4, -0.2) is 33.3 Å². The van der Waals surface area contributed by atoms with Crippen molar-refractivity contribution in [3.05, 3.63) is 59.4 Å². The topological polar surface area (TPSA) is 54.9 Å². The summed E-state index contributed by atoms with van der Waals surface area (Å²) >= 11 is 0. The molecule has 0 saturated heterocycles. The van der Waals surface area contributed by atoms with Crippen LogP contribution in [0.5, 0.6) is 11.5 Å². The standard InChI is InChI=1S/C21H28FN3O2.HI/c1-4-27-20-14-16(10-11-19(20)26-3)8-6-12-24-21(23-2)25-15-17-7-5-9-18(22)13-17;/h5,7,9-11,13-14H,4,6,8,12,15H2,1-3H3,(H2,23,24,25);1H. The van der Waals surface area contributed by atoms with Gasteiger partial charge in [0.1, 0.15) is 5.82 Å². The molecule has 0 fully saturated rings. The van der Waals surface area contributed by atoms with Crippen molar-refractivity contribution in [3.63, 3.8) is 0 Å². The Kier molecular flexibility index (Phi) is 11.3. The van der Waals surface area contributed by atoms with Gasteiger partial charge >= 0.3 is 0 Å². The molecule has 28 heavy (non-hydrogen) atoms. The first kappa shape index (κ1) is 24.0. The summed E-state index contributed by atoms with van der Waals surface area (Å²) in [6.07, 6.45) is 1.86. The predicted octanol–water partition coefficient (Wildman–Crippen LogP) is 4.15. The Morgan fingerprint density at radius 3 is 2.57 bits per heavy atom. The van der Waals surface area contributed by atoms with Crippen LogP contribution in [0.2, 0.25) is 0 Å². The minimum Gasteiger partial charge on any atom is -0.493 e. The summed E-state index contributed by atoms with van der Waals surface area (Å²) in [6.45, 7) is 3.86. The number of nitrogens with zero attached hydrogens (tertiary/aromatic N) is 1. The molecule has 0 bridgehead atoms. The highest BCUT2D eigenvalue weighted by atomic mass is 127. The van der Waals surface area contributed by atoms with Crippen LogP contribution < -0.4 is 20.1 Å². The number of hydrogen-bond acceptors (Lipinski definition) is 3. The van der Waals surface area contributed by atoms with E-state index in [1.165, 1.54) is 17.7 Å². The second-order valence-electron chi connectivity index (χ2n) is 6.00. The van der Waals surface area contributed by atoms with Crippen LogP contribution >= 0.6 is 24.0 Å². The van der Waals surface area contributed by atoms with Crippen molar-refractivity contribution in [2.24, 2.45) is 4.99 Å². The largest absolute Gasteiger partial charge is 0.493 e. The Hall–Kier alpha value is -2.03. The van der Waals surface area contributed by atoms with Gasteiger partial charge in [0.15, 0.2) is 17.5 Å². The number of ether oxygens (including phenoxy) is 2.